The third-order valence-electron chi connectivity index (χ3n) is 4.29. The van der Waals surface area contributed by atoms with E-state index in [1.54, 1.807) is 11.0 Å². The topological polar surface area (TPSA) is 62.3 Å². The molecule has 0 unspecified atom stereocenters. The molecule has 1 N–H and O–H groups in total. The molecule has 1 aromatic carbocycles. The Morgan fingerprint density at radius 1 is 1.25 bits per heavy atom. The number of carbonyl (C=O) groups is 2. The second-order valence-electron chi connectivity index (χ2n) is 6.08. The molecule has 1 saturated heterocycles. The zero-order valence-electron chi connectivity index (χ0n) is 14.0. The number of aryl methyl sites for hydroxylation is 2. The first-order valence-electron chi connectivity index (χ1n) is 8.20. The second-order valence-corrected chi connectivity index (χ2v) is 6.08. The van der Waals surface area contributed by atoms with Crippen molar-refractivity contribution in [2.45, 2.75) is 26.7 Å². The van der Waals surface area contributed by atoms with Crippen molar-refractivity contribution in [3.63, 3.8) is 0 Å². The van der Waals surface area contributed by atoms with E-state index in [0.717, 1.165) is 17.8 Å². The summed E-state index contributed by atoms with van der Waals surface area (Å²) in [6, 6.07) is 13.4. The maximum Gasteiger partial charge on any atom is 0.230 e. The molecule has 24 heavy (non-hydrogen) atoms. The van der Waals surface area contributed by atoms with Crippen molar-refractivity contribution in [1.29, 1.82) is 0 Å². The smallest absolute Gasteiger partial charge is 0.230 e. The Hall–Kier alpha value is -2.69. The van der Waals surface area contributed by atoms with E-state index in [1.807, 2.05) is 43.3 Å². The number of nitrogens with zero attached hydrogens (tertiary/aromatic N) is 2. The number of amides is 2. The molecule has 0 aliphatic carbocycles. The van der Waals surface area contributed by atoms with Crippen LogP contribution in [0, 0.1) is 12.8 Å². The van der Waals surface area contributed by atoms with Crippen LogP contribution >= 0.6 is 0 Å². The van der Waals surface area contributed by atoms with Gasteiger partial charge in [0.2, 0.25) is 11.8 Å². The summed E-state index contributed by atoms with van der Waals surface area (Å²) in [6.45, 7) is 4.37. The van der Waals surface area contributed by atoms with Gasteiger partial charge in [-0.05, 0) is 43.2 Å². The summed E-state index contributed by atoms with van der Waals surface area (Å²) < 4.78 is 0. The van der Waals surface area contributed by atoms with Gasteiger partial charge in [-0.1, -0.05) is 25.1 Å². The molecule has 124 valence electrons. The largest absolute Gasteiger partial charge is 0.312 e. The number of carbonyl (C=O) groups excluding carboxylic acids is 2. The Labute approximate surface area is 141 Å². The molecule has 5 nitrogen and oxygen atoms in total. The maximum absolute atomic E-state index is 12.4. The van der Waals surface area contributed by atoms with Crippen LogP contribution in [-0.4, -0.2) is 23.3 Å². The average molecular weight is 323 g/mol. The summed E-state index contributed by atoms with van der Waals surface area (Å²) in [7, 11) is 0. The summed E-state index contributed by atoms with van der Waals surface area (Å²) in [4.78, 5) is 30.7. The molecule has 0 bridgehead atoms. The van der Waals surface area contributed by atoms with Crippen LogP contribution < -0.4 is 10.2 Å². The number of pyridine rings is 1. The van der Waals surface area contributed by atoms with Gasteiger partial charge in [0.25, 0.3) is 0 Å². The molecule has 2 heterocycles. The fourth-order valence-corrected chi connectivity index (χ4v) is 2.89. The fraction of sp³-hybridized carbons (Fsp3) is 0.316. The van der Waals surface area contributed by atoms with E-state index in [9.17, 15) is 9.59 Å². The van der Waals surface area contributed by atoms with Gasteiger partial charge in [-0.2, -0.15) is 0 Å². The van der Waals surface area contributed by atoms with E-state index in [-0.39, 0.29) is 24.2 Å². The second kappa shape index (κ2) is 6.83. The van der Waals surface area contributed by atoms with Crippen LogP contribution in [0.1, 0.15) is 24.6 Å². The summed E-state index contributed by atoms with van der Waals surface area (Å²) in [6.07, 6.45) is 1.19. The molecule has 2 amide bonds. The van der Waals surface area contributed by atoms with Gasteiger partial charge in [0.05, 0.1) is 5.92 Å². The van der Waals surface area contributed by atoms with Gasteiger partial charge >= 0.3 is 0 Å². The number of benzene rings is 1. The molecule has 1 aliphatic rings. The van der Waals surface area contributed by atoms with Gasteiger partial charge in [0.15, 0.2) is 0 Å². The lowest BCUT2D eigenvalue weighted by atomic mass is 10.1. The van der Waals surface area contributed by atoms with Gasteiger partial charge in [0, 0.05) is 24.3 Å². The molecule has 1 atom stereocenters. The highest BCUT2D eigenvalue weighted by Gasteiger charge is 2.35. The third kappa shape index (κ3) is 3.45. The highest BCUT2D eigenvalue weighted by molar-refractivity contribution is 6.03. The summed E-state index contributed by atoms with van der Waals surface area (Å²) in [5.41, 5.74) is 2.92. The first kappa shape index (κ1) is 16.2. The van der Waals surface area contributed by atoms with Gasteiger partial charge < -0.3 is 10.2 Å². The van der Waals surface area contributed by atoms with Gasteiger partial charge in [-0.25, -0.2) is 4.98 Å². The zero-order valence-corrected chi connectivity index (χ0v) is 14.0. The SMILES string of the molecule is CCc1ccc(N2C[C@@H](C(=O)Nc3cccc(C)n3)CC2=O)cc1. The fourth-order valence-electron chi connectivity index (χ4n) is 2.89. The monoisotopic (exact) mass is 323 g/mol. The summed E-state index contributed by atoms with van der Waals surface area (Å²) in [5, 5.41) is 2.81. The quantitative estimate of drug-likeness (QED) is 0.941. The van der Waals surface area contributed by atoms with E-state index >= 15 is 0 Å². The zero-order chi connectivity index (χ0) is 17.1. The van der Waals surface area contributed by atoms with Crippen LogP contribution in [0.2, 0.25) is 0 Å². The molecule has 0 saturated carbocycles. The van der Waals surface area contributed by atoms with Crippen molar-refractivity contribution in [2.75, 3.05) is 16.8 Å². The van der Waals surface area contributed by atoms with Crippen molar-refractivity contribution in [3.05, 3.63) is 53.7 Å². The standard InChI is InChI=1S/C19H21N3O2/c1-3-14-7-9-16(10-8-14)22-12-15(11-18(22)23)19(24)21-17-6-4-5-13(2)20-17/h4-10,15H,3,11-12H2,1-2H3,(H,20,21,24)/t15-/m0/s1. The number of aromatic nitrogens is 1. The molecule has 3 rings (SSSR count). The lowest BCUT2D eigenvalue weighted by Gasteiger charge is -2.17. The van der Waals surface area contributed by atoms with Crippen LogP contribution in [0.4, 0.5) is 11.5 Å². The summed E-state index contributed by atoms with van der Waals surface area (Å²) >= 11 is 0. The average Bonchev–Trinajstić information content (AvgIpc) is 2.97. The van der Waals surface area contributed by atoms with Crippen LogP contribution in [0.3, 0.4) is 0 Å². The third-order valence-corrected chi connectivity index (χ3v) is 4.29. The van der Waals surface area contributed by atoms with Gasteiger partial charge in [-0.3, -0.25) is 9.59 Å². The van der Waals surface area contributed by atoms with E-state index < -0.39 is 0 Å². The Morgan fingerprint density at radius 2 is 2.00 bits per heavy atom. The number of anilines is 2. The Bertz CT molecular complexity index is 755. The maximum atomic E-state index is 12.4. The van der Waals surface area contributed by atoms with Crippen molar-refractivity contribution in [3.8, 4) is 0 Å². The van der Waals surface area contributed by atoms with Crippen LogP contribution in [0.15, 0.2) is 42.5 Å². The minimum Gasteiger partial charge on any atom is -0.312 e. The molecule has 0 radical (unpaired) electrons. The van der Waals surface area contributed by atoms with Crippen LogP contribution in [-0.2, 0) is 16.0 Å². The van der Waals surface area contributed by atoms with Crippen molar-refractivity contribution < 1.29 is 9.59 Å². The van der Waals surface area contributed by atoms with E-state index in [2.05, 4.69) is 17.2 Å². The van der Waals surface area contributed by atoms with Crippen LogP contribution in [0.5, 0.6) is 0 Å². The van der Waals surface area contributed by atoms with E-state index in [4.69, 9.17) is 0 Å². The molecule has 1 fully saturated rings. The highest BCUT2D eigenvalue weighted by atomic mass is 16.2. The molecule has 1 aliphatic heterocycles. The number of hydrogen-bond donors (Lipinski definition) is 1. The lowest BCUT2D eigenvalue weighted by Crippen LogP contribution is -2.28. The predicted molar refractivity (Wildman–Crippen MR) is 93.9 cm³/mol. The first-order chi connectivity index (χ1) is 11.6. The van der Waals surface area contributed by atoms with Crippen molar-refractivity contribution >= 4 is 23.3 Å². The lowest BCUT2D eigenvalue weighted by molar-refractivity contribution is -0.122. The molecule has 1 aromatic heterocycles. The van der Waals surface area contributed by atoms with E-state index in [1.165, 1.54) is 5.56 Å². The molecular formula is C19H21N3O2. The minimum atomic E-state index is -0.356. The van der Waals surface area contributed by atoms with Gasteiger partial charge in [-0.15, -0.1) is 0 Å². The minimum absolute atomic E-state index is 0.0170. The van der Waals surface area contributed by atoms with Crippen molar-refractivity contribution in [1.82, 2.24) is 4.98 Å². The van der Waals surface area contributed by atoms with Crippen molar-refractivity contribution in [2.24, 2.45) is 5.92 Å². The predicted octanol–water partition coefficient (Wildman–Crippen LogP) is 2.94. The Kier molecular flexibility index (Phi) is 4.60. The van der Waals surface area contributed by atoms with Crippen LogP contribution in [0.25, 0.3) is 0 Å². The first-order valence-corrected chi connectivity index (χ1v) is 8.20. The van der Waals surface area contributed by atoms with Gasteiger partial charge in [0.1, 0.15) is 5.82 Å². The molecular weight excluding hydrogens is 302 g/mol. The number of rotatable bonds is 4. The molecule has 0 spiro atoms. The Morgan fingerprint density at radius 3 is 2.67 bits per heavy atom. The molecule has 5 heteroatoms. The Balaban J connectivity index is 1.68. The highest BCUT2D eigenvalue weighted by Crippen LogP contribution is 2.26. The van der Waals surface area contributed by atoms with E-state index in [0.29, 0.717) is 12.4 Å². The number of hydrogen-bond acceptors (Lipinski definition) is 3. The normalized spacial score (nSPS) is 17.2. The molecule has 2 aromatic rings. The number of nitrogens with one attached hydrogen (secondary N) is 1. The summed E-state index contributed by atoms with van der Waals surface area (Å²) in [5.74, 6) is -0.00501.